The lowest BCUT2D eigenvalue weighted by molar-refractivity contribution is -0.135. The largest absolute Gasteiger partial charge is 0.448 e. The first-order valence-electron chi connectivity index (χ1n) is 15.5. The van der Waals surface area contributed by atoms with E-state index in [1.165, 1.54) is 80.0 Å². The molecular weight excluding hydrogens is 486 g/mol. The van der Waals surface area contributed by atoms with Crippen molar-refractivity contribution < 1.29 is 19.4 Å². The number of benzene rings is 2. The van der Waals surface area contributed by atoms with Crippen LogP contribution in [0.25, 0.3) is 11.1 Å². The highest BCUT2D eigenvalue weighted by atomic mass is 16.6. The number of ether oxygens (including phenoxy) is 2. The smallest absolute Gasteiger partial charge is 0.410 e. The first-order chi connectivity index (χ1) is 19.1. The SMILES string of the molecule is CCCCCCCCCCCCC1(O)CC2COCC(C1)N2C(=O)OCC1c2ccccc2-c2ccccc21. The summed E-state index contributed by atoms with van der Waals surface area (Å²) in [5.41, 5.74) is 4.20. The van der Waals surface area contributed by atoms with Crippen LogP contribution in [0.3, 0.4) is 0 Å². The maximum Gasteiger partial charge on any atom is 0.410 e. The van der Waals surface area contributed by atoms with Gasteiger partial charge in [0.05, 0.1) is 30.9 Å². The van der Waals surface area contributed by atoms with Gasteiger partial charge in [-0.3, -0.25) is 4.90 Å². The molecule has 0 spiro atoms. The van der Waals surface area contributed by atoms with E-state index in [1.54, 1.807) is 0 Å². The molecule has 1 aliphatic carbocycles. The minimum absolute atomic E-state index is 0.0514. The van der Waals surface area contributed by atoms with Gasteiger partial charge in [-0.05, 0) is 41.5 Å². The van der Waals surface area contributed by atoms with Crippen molar-refractivity contribution in [2.45, 2.75) is 114 Å². The molecule has 2 aliphatic heterocycles. The molecule has 2 atom stereocenters. The Morgan fingerprint density at radius 2 is 1.36 bits per heavy atom. The second kappa shape index (κ2) is 13.3. The molecule has 212 valence electrons. The molecule has 5 rings (SSSR count). The predicted molar refractivity (Wildman–Crippen MR) is 156 cm³/mol. The summed E-state index contributed by atoms with van der Waals surface area (Å²) in [6.45, 7) is 3.54. The van der Waals surface area contributed by atoms with Crippen molar-refractivity contribution in [1.29, 1.82) is 0 Å². The van der Waals surface area contributed by atoms with E-state index in [0.717, 1.165) is 12.8 Å². The van der Waals surface area contributed by atoms with Crippen LogP contribution in [-0.4, -0.2) is 53.6 Å². The fraction of sp³-hybridized carbons (Fsp3) is 0.618. The lowest BCUT2D eigenvalue weighted by Crippen LogP contribution is -2.63. The molecule has 2 saturated heterocycles. The van der Waals surface area contributed by atoms with Crippen LogP contribution in [0.5, 0.6) is 0 Å². The van der Waals surface area contributed by atoms with E-state index in [9.17, 15) is 9.90 Å². The number of morpholine rings is 1. The van der Waals surface area contributed by atoms with Gasteiger partial charge in [-0.2, -0.15) is 0 Å². The highest BCUT2D eigenvalue weighted by Gasteiger charge is 2.48. The lowest BCUT2D eigenvalue weighted by atomic mass is 9.78. The van der Waals surface area contributed by atoms with Crippen molar-refractivity contribution in [3.05, 3.63) is 59.7 Å². The molecule has 2 bridgehead atoms. The van der Waals surface area contributed by atoms with Crippen LogP contribution in [0.4, 0.5) is 4.79 Å². The fourth-order valence-corrected chi connectivity index (χ4v) is 7.19. The van der Waals surface area contributed by atoms with Crippen molar-refractivity contribution in [3.8, 4) is 11.1 Å². The molecule has 39 heavy (non-hydrogen) atoms. The van der Waals surface area contributed by atoms with Crippen LogP contribution in [0.2, 0.25) is 0 Å². The van der Waals surface area contributed by atoms with E-state index in [-0.39, 0.29) is 24.1 Å². The van der Waals surface area contributed by atoms with Gasteiger partial charge >= 0.3 is 6.09 Å². The standard InChI is InChI=1S/C34H47NO4/c1-2-3-4-5-6-7-8-9-10-15-20-34(37)21-26-23-38-24-27(22-34)35(26)33(36)39-25-32-30-18-13-11-16-28(30)29-17-12-14-19-31(29)32/h11-14,16-19,26-27,32,37H,2-10,15,20-25H2,1H3. The first-order valence-corrected chi connectivity index (χ1v) is 15.5. The summed E-state index contributed by atoms with van der Waals surface area (Å²) in [4.78, 5) is 15.3. The average Bonchev–Trinajstić information content (AvgIpc) is 3.26. The third-order valence-corrected chi connectivity index (χ3v) is 9.18. The average molecular weight is 534 g/mol. The van der Waals surface area contributed by atoms with Gasteiger partial charge in [0.25, 0.3) is 0 Å². The Bertz CT molecular complexity index is 1020. The minimum Gasteiger partial charge on any atom is -0.448 e. The van der Waals surface area contributed by atoms with Gasteiger partial charge in [-0.15, -0.1) is 0 Å². The maximum atomic E-state index is 13.4. The van der Waals surface area contributed by atoms with E-state index in [0.29, 0.717) is 32.7 Å². The summed E-state index contributed by atoms with van der Waals surface area (Å²) >= 11 is 0. The van der Waals surface area contributed by atoms with E-state index in [4.69, 9.17) is 9.47 Å². The number of amides is 1. The number of carbonyl (C=O) groups excluding carboxylic acids is 1. The summed E-state index contributed by atoms with van der Waals surface area (Å²) in [6.07, 6.45) is 14.6. The summed E-state index contributed by atoms with van der Waals surface area (Å²) in [5, 5.41) is 11.5. The molecule has 1 amide bonds. The zero-order valence-corrected chi connectivity index (χ0v) is 23.8. The van der Waals surface area contributed by atoms with Gasteiger partial charge in [0.15, 0.2) is 0 Å². The van der Waals surface area contributed by atoms with Gasteiger partial charge in [0.2, 0.25) is 0 Å². The molecule has 2 aromatic carbocycles. The number of rotatable bonds is 13. The number of carbonyl (C=O) groups is 1. The van der Waals surface area contributed by atoms with Gasteiger partial charge in [0.1, 0.15) is 6.61 Å². The molecule has 2 aromatic rings. The molecule has 0 radical (unpaired) electrons. The highest BCUT2D eigenvalue weighted by Crippen LogP contribution is 2.45. The monoisotopic (exact) mass is 533 g/mol. The zero-order chi connectivity index (χ0) is 27.1. The number of nitrogens with zero attached hydrogens (tertiary/aromatic N) is 1. The second-order valence-corrected chi connectivity index (χ2v) is 12.1. The molecule has 5 nitrogen and oxygen atoms in total. The molecule has 2 heterocycles. The summed E-state index contributed by atoms with van der Waals surface area (Å²) in [7, 11) is 0. The van der Waals surface area contributed by atoms with E-state index in [2.05, 4.69) is 55.5 Å². The molecular formula is C34H47NO4. The summed E-state index contributed by atoms with van der Waals surface area (Å²) < 4.78 is 11.8. The molecule has 2 fully saturated rings. The van der Waals surface area contributed by atoms with Crippen molar-refractivity contribution >= 4 is 6.09 Å². The van der Waals surface area contributed by atoms with Crippen LogP contribution in [0.15, 0.2) is 48.5 Å². The van der Waals surface area contributed by atoms with E-state index >= 15 is 0 Å². The molecule has 3 aliphatic rings. The Kier molecular flexibility index (Phi) is 9.62. The third-order valence-electron chi connectivity index (χ3n) is 9.18. The van der Waals surface area contributed by atoms with Crippen LogP contribution >= 0.6 is 0 Å². The predicted octanol–water partition coefficient (Wildman–Crippen LogP) is 7.84. The van der Waals surface area contributed by atoms with E-state index < -0.39 is 5.60 Å². The van der Waals surface area contributed by atoms with Crippen LogP contribution in [-0.2, 0) is 9.47 Å². The van der Waals surface area contributed by atoms with Crippen molar-refractivity contribution in [1.82, 2.24) is 4.90 Å². The number of aliphatic hydroxyl groups is 1. The Morgan fingerprint density at radius 3 is 1.92 bits per heavy atom. The molecule has 1 N–H and O–H groups in total. The van der Waals surface area contributed by atoms with Gasteiger partial charge in [-0.1, -0.05) is 120 Å². The first kappa shape index (κ1) is 28.2. The Hall–Kier alpha value is -2.37. The maximum absolute atomic E-state index is 13.4. The number of fused-ring (bicyclic) bond motifs is 5. The minimum atomic E-state index is -0.709. The fourth-order valence-electron chi connectivity index (χ4n) is 7.19. The molecule has 0 aromatic heterocycles. The Balaban J connectivity index is 1.10. The quantitative estimate of drug-likeness (QED) is 0.267. The highest BCUT2D eigenvalue weighted by molar-refractivity contribution is 5.79. The number of hydrogen-bond donors (Lipinski definition) is 1. The number of piperidine rings is 1. The van der Waals surface area contributed by atoms with Crippen molar-refractivity contribution in [2.24, 2.45) is 0 Å². The molecule has 5 heteroatoms. The van der Waals surface area contributed by atoms with Crippen molar-refractivity contribution in [2.75, 3.05) is 19.8 Å². The van der Waals surface area contributed by atoms with Crippen LogP contribution < -0.4 is 0 Å². The molecule has 0 saturated carbocycles. The number of unbranched alkanes of at least 4 members (excludes halogenated alkanes) is 9. The summed E-state index contributed by atoms with van der Waals surface area (Å²) in [6, 6.07) is 16.6. The van der Waals surface area contributed by atoms with Gasteiger partial charge < -0.3 is 14.6 Å². The van der Waals surface area contributed by atoms with Crippen molar-refractivity contribution in [3.63, 3.8) is 0 Å². The normalized spacial score (nSPS) is 23.9. The van der Waals surface area contributed by atoms with Gasteiger partial charge in [-0.25, -0.2) is 4.79 Å². The van der Waals surface area contributed by atoms with Crippen LogP contribution in [0, 0.1) is 0 Å². The second-order valence-electron chi connectivity index (χ2n) is 12.1. The van der Waals surface area contributed by atoms with Crippen LogP contribution in [0.1, 0.15) is 107 Å². The van der Waals surface area contributed by atoms with E-state index in [1.807, 2.05) is 4.90 Å². The topological polar surface area (TPSA) is 59.0 Å². The molecule has 2 unspecified atom stereocenters. The zero-order valence-electron chi connectivity index (χ0n) is 23.8. The van der Waals surface area contributed by atoms with Gasteiger partial charge in [0, 0.05) is 5.92 Å². The Labute approximate surface area is 234 Å². The lowest BCUT2D eigenvalue weighted by Gasteiger charge is -2.51. The Morgan fingerprint density at radius 1 is 0.846 bits per heavy atom. The third kappa shape index (κ3) is 6.69. The number of hydrogen-bond acceptors (Lipinski definition) is 4. The summed E-state index contributed by atoms with van der Waals surface area (Å²) in [5.74, 6) is 0.0514.